The maximum atomic E-state index is 13.8. The van der Waals surface area contributed by atoms with Gasteiger partial charge in [0.1, 0.15) is 5.75 Å². The summed E-state index contributed by atoms with van der Waals surface area (Å²) in [5.74, 6) is -0.976. The number of ketones is 2. The molecule has 1 fully saturated rings. The van der Waals surface area contributed by atoms with E-state index in [0.717, 1.165) is 24.8 Å². The van der Waals surface area contributed by atoms with E-state index in [1.807, 2.05) is 42.2 Å². The lowest BCUT2D eigenvalue weighted by Crippen LogP contribution is -2.39. The summed E-state index contributed by atoms with van der Waals surface area (Å²) in [5, 5.41) is 0.375. The van der Waals surface area contributed by atoms with Gasteiger partial charge in [-0.25, -0.2) is 0 Å². The van der Waals surface area contributed by atoms with Gasteiger partial charge in [-0.15, -0.1) is 0 Å². The van der Waals surface area contributed by atoms with E-state index in [-0.39, 0.29) is 23.8 Å². The van der Waals surface area contributed by atoms with Crippen molar-refractivity contribution in [2.24, 2.45) is 5.92 Å². The number of nitrogens with zero attached hydrogens (tertiary/aromatic N) is 2. The summed E-state index contributed by atoms with van der Waals surface area (Å²) < 4.78 is 7.00. The van der Waals surface area contributed by atoms with Crippen LogP contribution in [0.25, 0.3) is 10.9 Å². The zero-order valence-corrected chi connectivity index (χ0v) is 23.7. The number of hydrogen-bond acceptors (Lipinski definition) is 5. The highest BCUT2D eigenvalue weighted by Gasteiger charge is 2.29. The fourth-order valence-corrected chi connectivity index (χ4v) is 5.54. The van der Waals surface area contributed by atoms with Gasteiger partial charge in [0.25, 0.3) is 11.8 Å². The fraction of sp³-hybridized carbons (Fsp3) is 0.294. The van der Waals surface area contributed by atoms with Gasteiger partial charge in [0.05, 0.1) is 23.8 Å². The Morgan fingerprint density at radius 2 is 1.56 bits per heavy atom. The highest BCUT2D eigenvalue weighted by molar-refractivity contribution is 6.46. The molecule has 41 heavy (non-hydrogen) atoms. The first-order valence-corrected chi connectivity index (χ1v) is 14.1. The summed E-state index contributed by atoms with van der Waals surface area (Å²) in [6.07, 6.45) is 4.21. The zero-order valence-electron chi connectivity index (χ0n) is 23.7. The second kappa shape index (κ2) is 11.9. The summed E-state index contributed by atoms with van der Waals surface area (Å²) in [7, 11) is 1.48. The molecule has 7 nitrogen and oxygen atoms in total. The quantitative estimate of drug-likeness (QED) is 0.201. The Labute approximate surface area is 239 Å². The third-order valence-electron chi connectivity index (χ3n) is 7.96. The maximum Gasteiger partial charge on any atom is 0.262 e. The van der Waals surface area contributed by atoms with Crippen LogP contribution < -0.4 is 4.74 Å². The van der Waals surface area contributed by atoms with Crippen molar-refractivity contribution in [3.8, 4) is 5.75 Å². The monoisotopic (exact) mass is 550 g/mol. The van der Waals surface area contributed by atoms with Crippen LogP contribution in [0.1, 0.15) is 68.4 Å². The van der Waals surface area contributed by atoms with Gasteiger partial charge in [-0.05, 0) is 55.9 Å². The van der Waals surface area contributed by atoms with Crippen LogP contribution in [0.3, 0.4) is 0 Å². The molecule has 0 N–H and O–H groups in total. The van der Waals surface area contributed by atoms with Crippen LogP contribution in [0.4, 0.5) is 0 Å². The molecule has 0 radical (unpaired) electrons. The van der Waals surface area contributed by atoms with Gasteiger partial charge in [0.2, 0.25) is 11.6 Å². The van der Waals surface area contributed by atoms with Gasteiger partial charge in [-0.2, -0.15) is 0 Å². The van der Waals surface area contributed by atoms with E-state index in [1.54, 1.807) is 31.2 Å². The number of aryl methyl sites for hydroxylation is 1. The number of amides is 1. The van der Waals surface area contributed by atoms with E-state index < -0.39 is 11.6 Å². The van der Waals surface area contributed by atoms with Crippen LogP contribution in [-0.2, 0) is 11.2 Å². The van der Waals surface area contributed by atoms with E-state index in [0.29, 0.717) is 46.8 Å². The van der Waals surface area contributed by atoms with E-state index in [2.05, 4.69) is 12.1 Å². The van der Waals surface area contributed by atoms with Gasteiger partial charge < -0.3 is 9.64 Å². The highest BCUT2D eigenvalue weighted by Crippen LogP contribution is 2.33. The molecule has 1 amide bonds. The van der Waals surface area contributed by atoms with Crippen LogP contribution in [0.5, 0.6) is 5.75 Å². The van der Waals surface area contributed by atoms with E-state index in [9.17, 15) is 19.2 Å². The first-order chi connectivity index (χ1) is 19.8. The minimum atomic E-state index is -0.682. The number of rotatable bonds is 8. The Morgan fingerprint density at radius 3 is 2.20 bits per heavy atom. The largest absolute Gasteiger partial charge is 0.496 e. The Hall–Kier alpha value is -4.52. The van der Waals surface area contributed by atoms with Crippen molar-refractivity contribution in [3.05, 3.63) is 101 Å². The molecule has 2 heterocycles. The first-order valence-electron chi connectivity index (χ1n) is 14.1. The molecule has 0 bridgehead atoms. The van der Waals surface area contributed by atoms with Crippen LogP contribution in [0, 0.1) is 12.8 Å². The van der Waals surface area contributed by atoms with Crippen LogP contribution in [0.2, 0.25) is 0 Å². The topological polar surface area (TPSA) is 85.7 Å². The Morgan fingerprint density at radius 1 is 0.878 bits per heavy atom. The third-order valence-corrected chi connectivity index (χ3v) is 7.96. The van der Waals surface area contributed by atoms with Gasteiger partial charge in [0.15, 0.2) is 0 Å². The molecule has 0 spiro atoms. The van der Waals surface area contributed by atoms with Crippen molar-refractivity contribution in [1.82, 2.24) is 9.47 Å². The van der Waals surface area contributed by atoms with Crippen LogP contribution in [-0.4, -0.2) is 53.0 Å². The number of Topliss-reactive ketones (excluding diaryl/α,β-unsaturated/α-hetero) is 2. The number of ether oxygens (including phenoxy) is 1. The van der Waals surface area contributed by atoms with Crippen LogP contribution >= 0.6 is 0 Å². The van der Waals surface area contributed by atoms with Gasteiger partial charge in [-0.1, -0.05) is 55.0 Å². The molecule has 0 aliphatic carbocycles. The van der Waals surface area contributed by atoms with Crippen molar-refractivity contribution in [1.29, 1.82) is 0 Å². The highest BCUT2D eigenvalue weighted by atomic mass is 16.5. The maximum absolute atomic E-state index is 13.8. The normalized spacial score (nSPS) is 13.8. The molecule has 4 aromatic rings. The number of hydrogen-bond donors (Lipinski definition) is 0. The fourth-order valence-electron chi connectivity index (χ4n) is 5.54. The molecular formula is C34H34N2O5. The van der Waals surface area contributed by atoms with E-state index >= 15 is 0 Å². The zero-order chi connectivity index (χ0) is 29.1. The smallest absolute Gasteiger partial charge is 0.262 e. The number of aromatic nitrogens is 1. The summed E-state index contributed by atoms with van der Waals surface area (Å²) in [4.78, 5) is 54.7. The van der Waals surface area contributed by atoms with Gasteiger partial charge in [-0.3, -0.25) is 23.7 Å². The number of piperidine rings is 1. The summed E-state index contributed by atoms with van der Waals surface area (Å²) >= 11 is 0. The number of carbonyl (C=O) groups is 4. The molecule has 3 aromatic carbocycles. The van der Waals surface area contributed by atoms with Crippen molar-refractivity contribution in [2.45, 2.75) is 39.5 Å². The average Bonchev–Trinajstić information content (AvgIpc) is 3.38. The Kier molecular flexibility index (Phi) is 8.15. The molecule has 1 aliphatic rings. The third kappa shape index (κ3) is 5.71. The minimum Gasteiger partial charge on any atom is -0.496 e. The lowest BCUT2D eigenvalue weighted by Gasteiger charge is -2.32. The second-order valence-corrected chi connectivity index (χ2v) is 10.7. The van der Waals surface area contributed by atoms with E-state index in [4.69, 9.17) is 4.74 Å². The number of likely N-dealkylation sites (tertiary alicyclic amines) is 1. The van der Waals surface area contributed by atoms with Crippen molar-refractivity contribution < 1.29 is 23.9 Å². The van der Waals surface area contributed by atoms with Gasteiger partial charge in [0, 0.05) is 42.7 Å². The predicted molar refractivity (Wildman–Crippen MR) is 158 cm³/mol. The van der Waals surface area contributed by atoms with Gasteiger partial charge >= 0.3 is 0 Å². The average molecular weight is 551 g/mol. The van der Waals surface area contributed by atoms with Crippen molar-refractivity contribution >= 4 is 34.3 Å². The Balaban J connectivity index is 1.49. The van der Waals surface area contributed by atoms with Crippen LogP contribution in [0.15, 0.2) is 72.9 Å². The van der Waals surface area contributed by atoms with Crippen molar-refractivity contribution in [3.63, 3.8) is 0 Å². The predicted octanol–water partition coefficient (Wildman–Crippen LogP) is 5.90. The lowest BCUT2D eigenvalue weighted by atomic mass is 9.90. The number of benzene rings is 3. The standard InChI is InChI=1S/C34H34N2O5/c1-4-30(37)32(38)28-21-36(33(39)25-12-10-22(2)11-13-25)29-20-31(41-3)27(19-26(28)29)34(40)35-16-14-24(15-17-35)18-23-8-6-5-7-9-23/h5-13,19-21,24H,4,14-18H2,1-3H3. The van der Waals surface area contributed by atoms with Crippen molar-refractivity contribution in [2.75, 3.05) is 20.2 Å². The minimum absolute atomic E-state index is 0.0390. The molecule has 5 rings (SSSR count). The number of methoxy groups -OCH3 is 1. The summed E-state index contributed by atoms with van der Waals surface area (Å²) in [6.45, 7) is 4.78. The van der Waals surface area contributed by atoms with E-state index in [1.165, 1.54) is 23.4 Å². The lowest BCUT2D eigenvalue weighted by molar-refractivity contribution is -0.114. The molecule has 0 unspecified atom stereocenters. The molecule has 1 saturated heterocycles. The summed E-state index contributed by atoms with van der Waals surface area (Å²) in [5.41, 5.74) is 3.55. The number of fused-ring (bicyclic) bond motifs is 1. The number of carbonyl (C=O) groups excluding carboxylic acids is 4. The molecule has 0 atom stereocenters. The molecule has 1 aliphatic heterocycles. The second-order valence-electron chi connectivity index (χ2n) is 10.7. The molecule has 7 heteroatoms. The molecular weight excluding hydrogens is 516 g/mol. The Bertz CT molecular complexity index is 1610. The molecule has 0 saturated carbocycles. The summed E-state index contributed by atoms with van der Waals surface area (Å²) in [6, 6.07) is 20.7. The molecule has 1 aromatic heterocycles. The molecule has 210 valence electrons. The first kappa shape index (κ1) is 28.0. The SMILES string of the molecule is CCC(=O)C(=O)c1cn(C(=O)c2ccc(C)cc2)c2cc(OC)c(C(=O)N3CCC(Cc4ccccc4)CC3)cc12.